The summed E-state index contributed by atoms with van der Waals surface area (Å²) in [5.41, 5.74) is 1.13. The number of piperidine rings is 1. The van der Waals surface area contributed by atoms with E-state index in [1.54, 1.807) is 42.4 Å². The molecule has 0 radical (unpaired) electrons. The second-order valence-electron chi connectivity index (χ2n) is 6.36. The summed E-state index contributed by atoms with van der Waals surface area (Å²) in [5.74, 6) is 0.310. The lowest BCUT2D eigenvalue weighted by molar-refractivity contribution is -0.115. The number of rotatable bonds is 6. The van der Waals surface area contributed by atoms with Gasteiger partial charge in [0.2, 0.25) is 5.91 Å². The van der Waals surface area contributed by atoms with E-state index in [4.69, 9.17) is 4.52 Å². The van der Waals surface area contributed by atoms with Crippen LogP contribution >= 0.6 is 11.3 Å². The number of hydrogen-bond acceptors (Lipinski definition) is 6. The van der Waals surface area contributed by atoms with E-state index in [-0.39, 0.29) is 5.91 Å². The number of anilines is 1. The maximum absolute atomic E-state index is 12.7. The van der Waals surface area contributed by atoms with Gasteiger partial charge in [-0.3, -0.25) is 4.79 Å². The molecule has 1 saturated heterocycles. The Kier molecular flexibility index (Phi) is 6.13. The SMILES string of the molecule is CCC(=O)Nc1c(C)noc1C=Cc1ccc(S(=O)(=O)N2CCCCC2)s1. The Morgan fingerprint density at radius 2 is 2.04 bits per heavy atom. The Labute approximate surface area is 163 Å². The number of carbonyl (C=O) groups is 1. The maximum atomic E-state index is 12.7. The van der Waals surface area contributed by atoms with Crippen LogP contribution < -0.4 is 5.32 Å². The van der Waals surface area contributed by atoms with Gasteiger partial charge < -0.3 is 9.84 Å². The van der Waals surface area contributed by atoms with E-state index < -0.39 is 10.0 Å². The lowest BCUT2D eigenvalue weighted by Crippen LogP contribution is -2.35. The summed E-state index contributed by atoms with van der Waals surface area (Å²) in [7, 11) is -3.42. The predicted molar refractivity (Wildman–Crippen MR) is 106 cm³/mol. The molecule has 2 aromatic rings. The fourth-order valence-electron chi connectivity index (χ4n) is 2.83. The largest absolute Gasteiger partial charge is 0.354 e. The normalized spacial score (nSPS) is 16.1. The summed E-state index contributed by atoms with van der Waals surface area (Å²) in [5, 5.41) is 6.65. The van der Waals surface area contributed by atoms with Crippen molar-refractivity contribution in [2.75, 3.05) is 18.4 Å². The highest BCUT2D eigenvalue weighted by molar-refractivity contribution is 7.91. The van der Waals surface area contributed by atoms with E-state index in [1.165, 1.54) is 11.3 Å². The quantitative estimate of drug-likeness (QED) is 0.785. The molecule has 0 atom stereocenters. The number of aromatic nitrogens is 1. The molecule has 0 saturated carbocycles. The number of hydrogen-bond donors (Lipinski definition) is 1. The van der Waals surface area contributed by atoms with Gasteiger partial charge in [-0.25, -0.2) is 8.42 Å². The number of aryl methyl sites for hydroxylation is 1. The first-order valence-corrected chi connectivity index (χ1v) is 11.2. The fraction of sp³-hybridized carbons (Fsp3) is 0.444. The lowest BCUT2D eigenvalue weighted by Gasteiger charge is -2.25. The zero-order valence-electron chi connectivity index (χ0n) is 15.4. The summed E-state index contributed by atoms with van der Waals surface area (Å²) in [6, 6.07) is 3.41. The van der Waals surface area contributed by atoms with Crippen LogP contribution in [0.3, 0.4) is 0 Å². The molecule has 1 aliphatic rings. The van der Waals surface area contributed by atoms with Crippen molar-refractivity contribution in [3.63, 3.8) is 0 Å². The van der Waals surface area contributed by atoms with Crippen molar-refractivity contribution in [2.45, 2.75) is 43.7 Å². The van der Waals surface area contributed by atoms with Gasteiger partial charge in [0.1, 0.15) is 15.6 Å². The van der Waals surface area contributed by atoms with Crippen LogP contribution in [0.5, 0.6) is 0 Å². The molecule has 2 aromatic heterocycles. The van der Waals surface area contributed by atoms with Crippen LogP contribution in [0.2, 0.25) is 0 Å². The molecule has 0 bridgehead atoms. The Hall–Kier alpha value is -1.97. The third-order valence-electron chi connectivity index (χ3n) is 4.38. The number of nitrogens with one attached hydrogen (secondary N) is 1. The van der Waals surface area contributed by atoms with Crippen LogP contribution in [0.15, 0.2) is 20.9 Å². The van der Waals surface area contributed by atoms with E-state index in [9.17, 15) is 13.2 Å². The van der Waals surface area contributed by atoms with Crippen LogP contribution in [-0.4, -0.2) is 36.9 Å². The Morgan fingerprint density at radius 1 is 1.30 bits per heavy atom. The molecule has 0 spiro atoms. The first kappa shape index (κ1) is 19.8. The van der Waals surface area contributed by atoms with Crippen molar-refractivity contribution >= 4 is 45.1 Å². The van der Waals surface area contributed by atoms with Gasteiger partial charge in [0, 0.05) is 24.4 Å². The lowest BCUT2D eigenvalue weighted by atomic mass is 10.2. The first-order valence-electron chi connectivity index (χ1n) is 8.96. The van der Waals surface area contributed by atoms with Crippen molar-refractivity contribution in [1.29, 1.82) is 0 Å². The van der Waals surface area contributed by atoms with Gasteiger partial charge in [0.15, 0.2) is 5.76 Å². The summed E-state index contributed by atoms with van der Waals surface area (Å²) in [6.45, 7) is 4.69. The topological polar surface area (TPSA) is 92.5 Å². The molecular weight excluding hydrogens is 386 g/mol. The molecule has 3 rings (SSSR count). The number of amides is 1. The highest BCUT2D eigenvalue weighted by atomic mass is 32.2. The summed E-state index contributed by atoms with van der Waals surface area (Å²) >= 11 is 1.22. The Morgan fingerprint density at radius 3 is 2.74 bits per heavy atom. The monoisotopic (exact) mass is 409 g/mol. The Balaban J connectivity index is 1.77. The zero-order valence-corrected chi connectivity index (χ0v) is 17.0. The molecule has 1 aliphatic heterocycles. The van der Waals surface area contributed by atoms with E-state index in [0.29, 0.717) is 40.9 Å². The smallest absolute Gasteiger partial charge is 0.252 e. The van der Waals surface area contributed by atoms with Gasteiger partial charge in [0.25, 0.3) is 10.0 Å². The number of sulfonamides is 1. The minimum Gasteiger partial charge on any atom is -0.354 e. The van der Waals surface area contributed by atoms with E-state index in [1.807, 2.05) is 0 Å². The highest BCUT2D eigenvalue weighted by Gasteiger charge is 2.27. The molecule has 0 unspecified atom stereocenters. The van der Waals surface area contributed by atoms with E-state index in [0.717, 1.165) is 24.1 Å². The molecule has 27 heavy (non-hydrogen) atoms. The van der Waals surface area contributed by atoms with Crippen molar-refractivity contribution in [3.05, 3.63) is 28.5 Å². The average molecular weight is 410 g/mol. The zero-order chi connectivity index (χ0) is 19.4. The summed E-state index contributed by atoms with van der Waals surface area (Å²) < 4.78 is 32.6. The van der Waals surface area contributed by atoms with Gasteiger partial charge in [-0.1, -0.05) is 18.5 Å². The first-order chi connectivity index (χ1) is 12.9. The van der Waals surface area contributed by atoms with Crippen LogP contribution in [-0.2, 0) is 14.8 Å². The van der Waals surface area contributed by atoms with Gasteiger partial charge in [-0.15, -0.1) is 11.3 Å². The molecule has 146 valence electrons. The van der Waals surface area contributed by atoms with Crippen LogP contribution in [0, 0.1) is 6.92 Å². The summed E-state index contributed by atoms with van der Waals surface area (Å²) in [6.07, 6.45) is 6.72. The van der Waals surface area contributed by atoms with Crippen LogP contribution in [0.25, 0.3) is 12.2 Å². The molecular formula is C18H23N3O4S2. The standard InChI is InChI=1S/C18H23N3O4S2/c1-3-16(22)19-18-13(2)20-25-15(18)9-7-14-8-10-17(26-14)27(23,24)21-11-5-4-6-12-21/h7-10H,3-6,11-12H2,1-2H3,(H,19,22). The third kappa shape index (κ3) is 4.48. The van der Waals surface area contributed by atoms with Gasteiger partial charge >= 0.3 is 0 Å². The van der Waals surface area contributed by atoms with Crippen molar-refractivity contribution in [3.8, 4) is 0 Å². The molecule has 0 aromatic carbocycles. The highest BCUT2D eigenvalue weighted by Crippen LogP contribution is 2.29. The van der Waals surface area contributed by atoms with Crippen LogP contribution in [0.4, 0.5) is 5.69 Å². The minimum absolute atomic E-state index is 0.123. The average Bonchev–Trinajstić information content (AvgIpc) is 3.29. The molecule has 7 nitrogen and oxygen atoms in total. The number of thiophene rings is 1. The molecule has 1 amide bonds. The van der Waals surface area contributed by atoms with Gasteiger partial charge in [-0.2, -0.15) is 4.31 Å². The van der Waals surface area contributed by atoms with Crippen LogP contribution in [0.1, 0.15) is 48.9 Å². The molecule has 3 heterocycles. The van der Waals surface area contributed by atoms with Crippen molar-refractivity contribution in [2.24, 2.45) is 0 Å². The van der Waals surface area contributed by atoms with Gasteiger partial charge in [-0.05, 0) is 44.1 Å². The molecule has 1 N–H and O–H groups in total. The Bertz CT molecular complexity index is 938. The number of nitrogens with zero attached hydrogens (tertiary/aromatic N) is 2. The predicted octanol–water partition coefficient (Wildman–Crippen LogP) is 3.74. The molecule has 1 fully saturated rings. The van der Waals surface area contributed by atoms with Gasteiger partial charge in [0.05, 0.1) is 0 Å². The van der Waals surface area contributed by atoms with E-state index >= 15 is 0 Å². The summed E-state index contributed by atoms with van der Waals surface area (Å²) in [4.78, 5) is 12.4. The van der Waals surface area contributed by atoms with Crippen molar-refractivity contribution in [1.82, 2.24) is 9.46 Å². The van der Waals surface area contributed by atoms with E-state index in [2.05, 4.69) is 10.5 Å². The second kappa shape index (κ2) is 8.37. The van der Waals surface area contributed by atoms with Crippen molar-refractivity contribution < 1.29 is 17.7 Å². The third-order valence-corrected chi connectivity index (χ3v) is 7.80. The minimum atomic E-state index is -3.42. The molecule has 0 aliphatic carbocycles. The second-order valence-corrected chi connectivity index (χ2v) is 9.64. The maximum Gasteiger partial charge on any atom is 0.252 e. The number of carbonyl (C=O) groups excluding carboxylic acids is 1. The molecule has 9 heteroatoms. The fourth-order valence-corrected chi connectivity index (χ4v) is 5.73.